The van der Waals surface area contributed by atoms with Gasteiger partial charge in [-0.15, -0.1) is 0 Å². The van der Waals surface area contributed by atoms with Crippen molar-refractivity contribution in [3.63, 3.8) is 0 Å². The number of carboxylic acids is 5. The van der Waals surface area contributed by atoms with Crippen LogP contribution in [0.5, 0.6) is 0 Å². The molecule has 2 aromatic carbocycles. The molecule has 0 amide bonds. The number of rotatable bonds is 13. The molecule has 10 aliphatic carbocycles. The van der Waals surface area contributed by atoms with Crippen molar-refractivity contribution in [3.05, 3.63) is 149 Å². The highest BCUT2D eigenvalue weighted by molar-refractivity contribution is 5.82. The van der Waals surface area contributed by atoms with E-state index in [0.29, 0.717) is 23.7 Å². The maximum Gasteiger partial charge on any atom is 0.315 e. The smallest absolute Gasteiger partial charge is 0.315 e. The maximum atomic E-state index is 12.5. The molecule has 10 fully saturated rings. The van der Waals surface area contributed by atoms with E-state index in [1.807, 2.05) is 132 Å². The van der Waals surface area contributed by atoms with Crippen molar-refractivity contribution in [1.82, 2.24) is 22.8 Å². The van der Waals surface area contributed by atoms with Gasteiger partial charge >= 0.3 is 29.1 Å². The first-order chi connectivity index (χ1) is 49.0. The Bertz CT molecular complexity index is 3970. The van der Waals surface area contributed by atoms with E-state index in [0.717, 1.165) is 106 Å². The maximum absolute atomic E-state index is 12.5. The lowest BCUT2D eigenvalue weighted by Crippen LogP contribution is -2.67. The van der Waals surface area contributed by atoms with E-state index in [2.05, 4.69) is 45.8 Å². The standard InChI is InChI=1S/C24H32N2O2.C22H24N2O2.C16H24N2O2.C12H20N2O2.C10H16N2O2/c27-22(28)21-25(23-9-15-3-16(10-23)5-17(4-15)11-23)1-2-26(21)24-12-18-6-19(13-24)8-20(7-18)14-24;1-13-9-15(3)19(16(4)10-13)23-7-8-24(21(23)22(25)26)20-17(5)11-14(2)12-18(20)6;19-16(20)15-17(13-7-3-1-4-8-13)11-12-18(15)14-9-5-2-6-10-14;1-11(2,3)13-7-8-14(12(4,5)6)9(13)10(15)16;1-7(2)11-5-6-12(8(3)4)9(11)10(13)14/h1-2,15-20H,3-14H2;7-12H,1-6H3;11-14H,1-10H2;7-8H,1-6H3;5-8H,1-4H3. The number of nitrogens with zero attached hydrogens (tertiary/aromatic N) is 10. The average molecular weight is 1430 g/mol. The number of benzene rings is 2. The van der Waals surface area contributed by atoms with Gasteiger partial charge < -0.3 is 49.5 Å². The van der Waals surface area contributed by atoms with Crippen LogP contribution in [0, 0.1) is 77.0 Å². The van der Waals surface area contributed by atoms with Crippen LogP contribution >= 0.6 is 0 Å². The fourth-order valence-electron chi connectivity index (χ4n) is 21.2. The van der Waals surface area contributed by atoms with Crippen LogP contribution in [0.4, 0.5) is 0 Å². The predicted molar refractivity (Wildman–Crippen MR) is 383 cm³/mol. The lowest BCUT2D eigenvalue weighted by atomic mass is 9.52. The lowest BCUT2D eigenvalue weighted by Gasteiger charge is -2.56. The van der Waals surface area contributed by atoms with Gasteiger partial charge in [0.1, 0.15) is 108 Å². The molecule has 0 N–H and O–H groups in total. The normalized spacial score (nSPS) is 24.1. The van der Waals surface area contributed by atoms with Gasteiger partial charge in [0, 0.05) is 0 Å². The zero-order valence-corrected chi connectivity index (χ0v) is 65.0. The van der Waals surface area contributed by atoms with Crippen molar-refractivity contribution in [2.24, 2.45) is 35.5 Å². The van der Waals surface area contributed by atoms with Gasteiger partial charge in [-0.2, -0.15) is 9.13 Å². The van der Waals surface area contributed by atoms with Crippen molar-refractivity contribution in [3.8, 4) is 11.4 Å². The molecule has 0 aliphatic heterocycles. The number of hydrogen-bond donors (Lipinski definition) is 0. The molecule has 104 heavy (non-hydrogen) atoms. The summed E-state index contributed by atoms with van der Waals surface area (Å²) in [5.74, 6) is 0.911. The summed E-state index contributed by atoms with van der Waals surface area (Å²) in [6.45, 7) is 31.6. The molecule has 7 aromatic rings. The number of aromatic nitrogens is 10. The molecule has 0 radical (unpaired) electrons. The van der Waals surface area contributed by atoms with Gasteiger partial charge in [0.05, 0.1) is 12.1 Å². The SMILES string of the molecule is CC(C)(C)n1cc[n+](C(C)(C)C)c1C(=O)[O-].CC(C)n1cc[n+](C(C)C)c1C(=O)[O-].Cc1cc(C)c(-n2cc[n+](-c3c(C)cc(C)cc3C)c2C(=O)[O-])c(C)c1.O=C([O-])c1n(C23CC4CC(CC(C4)C2)C3)cc[n+]1C12CC3CC(CC(C3)C1)C2.O=C([O-])c1n(C2CCCCC2)cc[n+]1C1CCCCC1. The molecule has 5 heterocycles. The highest BCUT2D eigenvalue weighted by Crippen LogP contribution is 2.60. The minimum Gasteiger partial charge on any atom is -0.538 e. The third kappa shape index (κ3) is 15.7. The number of imidazole rings is 5. The van der Waals surface area contributed by atoms with Crippen LogP contribution in [0.3, 0.4) is 0 Å². The summed E-state index contributed by atoms with van der Waals surface area (Å²) in [6, 6.07) is 9.21. The van der Waals surface area contributed by atoms with E-state index in [1.165, 1.54) is 116 Å². The first-order valence-corrected chi connectivity index (χ1v) is 38.9. The van der Waals surface area contributed by atoms with Gasteiger partial charge in [0.25, 0.3) is 0 Å². The molecule has 17 rings (SSSR count). The number of aromatic carboxylic acids is 5. The van der Waals surface area contributed by atoms with E-state index in [1.54, 1.807) is 64.6 Å². The molecule has 10 saturated carbocycles. The summed E-state index contributed by atoms with van der Waals surface area (Å²) in [6.07, 6.45) is 46.2. The third-order valence-corrected chi connectivity index (χ3v) is 24.4. The number of hydrogen-bond acceptors (Lipinski definition) is 10. The first kappa shape index (κ1) is 77.0. The third-order valence-electron chi connectivity index (χ3n) is 24.4. The molecule has 20 nitrogen and oxygen atoms in total. The van der Waals surface area contributed by atoms with Crippen molar-refractivity contribution >= 4 is 29.8 Å². The lowest BCUT2D eigenvalue weighted by molar-refractivity contribution is -0.779. The highest BCUT2D eigenvalue weighted by Gasteiger charge is 2.59. The van der Waals surface area contributed by atoms with Crippen LogP contribution in [0.2, 0.25) is 0 Å². The van der Waals surface area contributed by atoms with Crippen molar-refractivity contribution in [2.45, 2.75) is 298 Å². The first-order valence-electron chi connectivity index (χ1n) is 38.9. The van der Waals surface area contributed by atoms with Crippen molar-refractivity contribution < 1.29 is 72.3 Å². The molecular formula is C84H116N10O10. The van der Waals surface area contributed by atoms with E-state index in [-0.39, 0.29) is 51.7 Å². The Hall–Kier alpha value is -8.16. The minimum atomic E-state index is -1.20. The van der Waals surface area contributed by atoms with E-state index in [4.69, 9.17) is 0 Å². The Balaban J connectivity index is 0.000000134. The highest BCUT2D eigenvalue weighted by atomic mass is 16.4. The second kappa shape index (κ2) is 30.4. The molecule has 0 spiro atoms. The quantitative estimate of drug-likeness (QED) is 0.0991. The van der Waals surface area contributed by atoms with Gasteiger partial charge in [-0.1, -0.05) is 48.2 Å². The molecular weight excluding hydrogens is 1310 g/mol. The Labute approximate surface area is 616 Å². The van der Waals surface area contributed by atoms with Crippen molar-refractivity contribution in [2.75, 3.05) is 0 Å². The van der Waals surface area contributed by atoms with Crippen LogP contribution < -0.4 is 48.4 Å². The number of carboxylic acid groups (broad SMARTS) is 5. The van der Waals surface area contributed by atoms with Crippen LogP contribution in [0.1, 0.15) is 321 Å². The van der Waals surface area contributed by atoms with Crippen LogP contribution in [0.25, 0.3) is 11.4 Å². The number of carbonyl (C=O) groups excluding carboxylic acids is 5. The largest absolute Gasteiger partial charge is 0.538 e. The summed E-state index contributed by atoms with van der Waals surface area (Å²) < 4.78 is 18.7. The minimum absolute atomic E-state index is 0.0533. The molecule has 0 saturated heterocycles. The van der Waals surface area contributed by atoms with Gasteiger partial charge in [-0.05, 0) is 297 Å². The van der Waals surface area contributed by atoms with Crippen molar-refractivity contribution in [1.29, 1.82) is 0 Å². The molecule has 10 aliphatic rings. The van der Waals surface area contributed by atoms with E-state index >= 15 is 0 Å². The van der Waals surface area contributed by atoms with Crippen LogP contribution in [-0.4, -0.2) is 52.7 Å². The van der Waals surface area contributed by atoms with Gasteiger partial charge in [0.15, 0.2) is 29.8 Å². The van der Waals surface area contributed by atoms with Gasteiger partial charge in [-0.3, -0.25) is 0 Å². The molecule has 5 aromatic heterocycles. The topological polar surface area (TPSA) is 245 Å². The summed E-state index contributed by atoms with van der Waals surface area (Å²) in [5.41, 5.74) is 7.78. The molecule has 0 unspecified atom stereocenters. The average Bonchev–Trinajstić information content (AvgIpc) is 1.37. The molecule has 8 bridgehead atoms. The summed E-state index contributed by atoms with van der Waals surface area (Å²) in [7, 11) is 0. The van der Waals surface area contributed by atoms with Crippen LogP contribution in [0.15, 0.2) is 86.2 Å². The monoisotopic (exact) mass is 1420 g/mol. The molecule has 20 heteroatoms. The zero-order chi connectivity index (χ0) is 75.4. The van der Waals surface area contributed by atoms with E-state index < -0.39 is 29.8 Å². The van der Waals surface area contributed by atoms with E-state index in [9.17, 15) is 49.5 Å². The predicted octanol–water partition coefficient (Wildman–Crippen LogP) is 9.06. The number of carbonyl (C=O) groups is 5. The Kier molecular flexibility index (Phi) is 22.5. The Morgan fingerprint density at radius 3 is 1.38 bits per heavy atom. The van der Waals surface area contributed by atoms with Crippen LogP contribution in [-0.2, 0) is 22.2 Å². The number of aryl methyl sites for hydroxylation is 6. The summed E-state index contributed by atoms with van der Waals surface area (Å²) in [4.78, 5) is 58.5. The Morgan fingerprint density at radius 2 is 0.942 bits per heavy atom. The second-order valence-corrected chi connectivity index (χ2v) is 35.3. The molecule has 0 atom stereocenters. The fraction of sp³-hybridized carbons (Fsp3) is 0.619. The summed E-state index contributed by atoms with van der Waals surface area (Å²) in [5, 5.41) is 58.5. The second-order valence-electron chi connectivity index (χ2n) is 35.3. The Morgan fingerprint density at radius 1 is 0.481 bits per heavy atom. The van der Waals surface area contributed by atoms with Gasteiger partial charge in [0.2, 0.25) is 0 Å². The van der Waals surface area contributed by atoms with Gasteiger partial charge in [-0.25, -0.2) is 36.5 Å². The molecule has 562 valence electrons. The fourth-order valence-corrected chi connectivity index (χ4v) is 21.2. The zero-order valence-electron chi connectivity index (χ0n) is 65.0. The summed E-state index contributed by atoms with van der Waals surface area (Å²) >= 11 is 0.